The van der Waals surface area contributed by atoms with Gasteiger partial charge in [0.1, 0.15) is 11.6 Å². The number of nitrogens with zero attached hydrogens (tertiary/aromatic N) is 2. The Labute approximate surface area is 104 Å². The monoisotopic (exact) mass is 233 g/mol. The standard InChI is InChI=1S/C14H23N3/c1-4-7-15-13-9-12(8-10(2)3)16-14(17-13)11-5-6-11/h9-11H,4-8H2,1-3H3,(H,15,16,17). The fraction of sp³-hybridized carbons (Fsp3) is 0.714. The second kappa shape index (κ2) is 5.48. The summed E-state index contributed by atoms with van der Waals surface area (Å²) < 4.78 is 0. The lowest BCUT2D eigenvalue weighted by atomic mass is 10.1. The molecule has 0 spiro atoms. The van der Waals surface area contributed by atoms with Gasteiger partial charge in [-0.25, -0.2) is 9.97 Å². The van der Waals surface area contributed by atoms with Crippen molar-refractivity contribution in [1.82, 2.24) is 9.97 Å². The van der Waals surface area contributed by atoms with Crippen molar-refractivity contribution in [1.29, 1.82) is 0 Å². The number of anilines is 1. The topological polar surface area (TPSA) is 37.8 Å². The van der Waals surface area contributed by atoms with E-state index in [9.17, 15) is 0 Å². The molecule has 1 aromatic rings. The smallest absolute Gasteiger partial charge is 0.134 e. The normalized spacial score (nSPS) is 15.3. The van der Waals surface area contributed by atoms with Gasteiger partial charge in [-0.05, 0) is 31.6 Å². The zero-order chi connectivity index (χ0) is 12.3. The van der Waals surface area contributed by atoms with Gasteiger partial charge in [0.05, 0.1) is 0 Å². The van der Waals surface area contributed by atoms with Crippen molar-refractivity contribution in [3.05, 3.63) is 17.6 Å². The van der Waals surface area contributed by atoms with Crippen molar-refractivity contribution in [2.75, 3.05) is 11.9 Å². The molecule has 0 saturated heterocycles. The van der Waals surface area contributed by atoms with Gasteiger partial charge in [0.15, 0.2) is 0 Å². The Kier molecular flexibility index (Phi) is 3.97. The van der Waals surface area contributed by atoms with Crippen molar-refractivity contribution in [3.63, 3.8) is 0 Å². The summed E-state index contributed by atoms with van der Waals surface area (Å²) in [7, 11) is 0. The van der Waals surface area contributed by atoms with Crippen LogP contribution in [0, 0.1) is 5.92 Å². The molecule has 0 amide bonds. The van der Waals surface area contributed by atoms with Crippen LogP contribution < -0.4 is 5.32 Å². The molecule has 1 fully saturated rings. The molecule has 0 atom stereocenters. The first-order chi connectivity index (χ1) is 8.19. The van der Waals surface area contributed by atoms with Gasteiger partial charge in [0.25, 0.3) is 0 Å². The molecule has 0 aliphatic heterocycles. The van der Waals surface area contributed by atoms with Gasteiger partial charge >= 0.3 is 0 Å². The van der Waals surface area contributed by atoms with E-state index in [1.54, 1.807) is 0 Å². The maximum Gasteiger partial charge on any atom is 0.134 e. The van der Waals surface area contributed by atoms with E-state index >= 15 is 0 Å². The molecule has 1 aliphatic rings. The largest absolute Gasteiger partial charge is 0.370 e. The highest BCUT2D eigenvalue weighted by Gasteiger charge is 2.27. The molecule has 1 aliphatic carbocycles. The molecule has 1 N–H and O–H groups in total. The summed E-state index contributed by atoms with van der Waals surface area (Å²) in [5, 5.41) is 3.38. The van der Waals surface area contributed by atoms with Crippen molar-refractivity contribution >= 4 is 5.82 Å². The summed E-state index contributed by atoms with van der Waals surface area (Å²) in [6.45, 7) is 7.63. The molecule has 1 aromatic heterocycles. The first-order valence-electron chi connectivity index (χ1n) is 6.80. The van der Waals surface area contributed by atoms with Gasteiger partial charge < -0.3 is 5.32 Å². The number of aromatic nitrogens is 2. The van der Waals surface area contributed by atoms with Gasteiger partial charge in [-0.2, -0.15) is 0 Å². The molecule has 0 aromatic carbocycles. The van der Waals surface area contributed by atoms with E-state index in [1.807, 2.05) is 0 Å². The van der Waals surface area contributed by atoms with Crippen LogP contribution in [-0.4, -0.2) is 16.5 Å². The molecule has 1 saturated carbocycles. The van der Waals surface area contributed by atoms with Crippen LogP contribution in [-0.2, 0) is 6.42 Å². The molecule has 94 valence electrons. The zero-order valence-corrected chi connectivity index (χ0v) is 11.2. The van der Waals surface area contributed by atoms with Crippen LogP contribution in [0.4, 0.5) is 5.82 Å². The number of hydrogen-bond donors (Lipinski definition) is 1. The minimum atomic E-state index is 0.629. The maximum atomic E-state index is 4.69. The van der Waals surface area contributed by atoms with Crippen molar-refractivity contribution in [3.8, 4) is 0 Å². The van der Waals surface area contributed by atoms with E-state index in [2.05, 4.69) is 37.1 Å². The molecule has 2 rings (SSSR count). The molecule has 0 bridgehead atoms. The number of hydrogen-bond acceptors (Lipinski definition) is 3. The Bertz CT molecular complexity index is 370. The Morgan fingerprint density at radius 3 is 2.71 bits per heavy atom. The highest BCUT2D eigenvalue weighted by molar-refractivity contribution is 5.37. The molecule has 1 heterocycles. The third kappa shape index (κ3) is 3.69. The molecular formula is C14H23N3. The van der Waals surface area contributed by atoms with Gasteiger partial charge in [-0.3, -0.25) is 0 Å². The average molecular weight is 233 g/mol. The molecule has 3 nitrogen and oxygen atoms in total. The third-order valence-electron chi connectivity index (χ3n) is 2.91. The van der Waals surface area contributed by atoms with Gasteiger partial charge in [0, 0.05) is 24.2 Å². The van der Waals surface area contributed by atoms with Crippen molar-refractivity contribution < 1.29 is 0 Å². The molecular weight excluding hydrogens is 210 g/mol. The fourth-order valence-electron chi connectivity index (χ4n) is 1.91. The Morgan fingerprint density at radius 1 is 1.35 bits per heavy atom. The van der Waals surface area contributed by atoms with Gasteiger partial charge in [-0.15, -0.1) is 0 Å². The van der Waals surface area contributed by atoms with Gasteiger partial charge in [-0.1, -0.05) is 20.8 Å². The first kappa shape index (κ1) is 12.3. The summed E-state index contributed by atoms with van der Waals surface area (Å²) in [6, 6.07) is 2.11. The third-order valence-corrected chi connectivity index (χ3v) is 2.91. The Morgan fingerprint density at radius 2 is 2.12 bits per heavy atom. The van der Waals surface area contributed by atoms with E-state index in [0.717, 1.165) is 31.0 Å². The van der Waals surface area contributed by atoms with Crippen LogP contribution >= 0.6 is 0 Å². The van der Waals surface area contributed by atoms with Crippen molar-refractivity contribution in [2.24, 2.45) is 5.92 Å². The quantitative estimate of drug-likeness (QED) is 0.818. The minimum absolute atomic E-state index is 0.629. The summed E-state index contributed by atoms with van der Waals surface area (Å²) in [4.78, 5) is 9.31. The van der Waals surface area contributed by atoms with E-state index < -0.39 is 0 Å². The maximum absolute atomic E-state index is 4.69. The summed E-state index contributed by atoms with van der Waals surface area (Å²) in [5.74, 6) is 3.35. The fourth-order valence-corrected chi connectivity index (χ4v) is 1.91. The predicted molar refractivity (Wildman–Crippen MR) is 71.3 cm³/mol. The molecule has 0 radical (unpaired) electrons. The van der Waals surface area contributed by atoms with E-state index in [-0.39, 0.29) is 0 Å². The highest BCUT2D eigenvalue weighted by Crippen LogP contribution is 2.38. The lowest BCUT2D eigenvalue weighted by molar-refractivity contribution is 0.630. The van der Waals surface area contributed by atoms with Gasteiger partial charge in [0.2, 0.25) is 0 Å². The average Bonchev–Trinajstić information content (AvgIpc) is 3.08. The zero-order valence-electron chi connectivity index (χ0n) is 11.2. The van der Waals surface area contributed by atoms with Crippen LogP contribution in [0.2, 0.25) is 0 Å². The summed E-state index contributed by atoms with van der Waals surface area (Å²) >= 11 is 0. The predicted octanol–water partition coefficient (Wildman–Crippen LogP) is 3.37. The first-order valence-corrected chi connectivity index (χ1v) is 6.80. The SMILES string of the molecule is CCCNc1cc(CC(C)C)nc(C2CC2)n1. The Balaban J connectivity index is 2.15. The second-order valence-electron chi connectivity index (χ2n) is 5.40. The highest BCUT2D eigenvalue weighted by atomic mass is 15.0. The van der Waals surface area contributed by atoms with Crippen LogP contribution in [0.1, 0.15) is 57.5 Å². The summed E-state index contributed by atoms with van der Waals surface area (Å²) in [6.07, 6.45) is 4.70. The Hall–Kier alpha value is -1.12. The number of nitrogens with one attached hydrogen (secondary N) is 1. The lowest BCUT2D eigenvalue weighted by Crippen LogP contribution is -2.08. The second-order valence-corrected chi connectivity index (χ2v) is 5.40. The van der Waals surface area contributed by atoms with E-state index in [4.69, 9.17) is 4.98 Å². The summed E-state index contributed by atoms with van der Waals surface area (Å²) in [5.41, 5.74) is 1.19. The van der Waals surface area contributed by atoms with Crippen LogP contribution in [0.3, 0.4) is 0 Å². The molecule has 0 unspecified atom stereocenters. The lowest BCUT2D eigenvalue weighted by Gasteiger charge is -2.10. The molecule has 17 heavy (non-hydrogen) atoms. The van der Waals surface area contributed by atoms with E-state index in [1.165, 1.54) is 18.5 Å². The minimum Gasteiger partial charge on any atom is -0.370 e. The number of rotatable bonds is 6. The van der Waals surface area contributed by atoms with Crippen LogP contribution in [0.15, 0.2) is 6.07 Å². The van der Waals surface area contributed by atoms with Crippen LogP contribution in [0.5, 0.6) is 0 Å². The van der Waals surface area contributed by atoms with Crippen LogP contribution in [0.25, 0.3) is 0 Å². The molecule has 3 heteroatoms. The van der Waals surface area contributed by atoms with Crippen molar-refractivity contribution in [2.45, 2.75) is 52.4 Å². The van der Waals surface area contributed by atoms with E-state index in [0.29, 0.717) is 11.8 Å².